The van der Waals surface area contributed by atoms with Gasteiger partial charge in [-0.2, -0.15) is 4.31 Å². The van der Waals surface area contributed by atoms with Crippen LogP contribution in [0.2, 0.25) is 0 Å². The van der Waals surface area contributed by atoms with Crippen molar-refractivity contribution in [3.63, 3.8) is 0 Å². The maximum absolute atomic E-state index is 14.0. The lowest BCUT2D eigenvalue weighted by molar-refractivity contribution is 0.0668. The Labute approximate surface area is 174 Å². The van der Waals surface area contributed by atoms with Gasteiger partial charge in [0, 0.05) is 42.5 Å². The van der Waals surface area contributed by atoms with E-state index >= 15 is 0 Å². The quantitative estimate of drug-likeness (QED) is 0.636. The van der Waals surface area contributed by atoms with E-state index in [0.29, 0.717) is 10.9 Å². The molecule has 0 aliphatic carbocycles. The number of furan rings is 1. The number of hydrogen-bond acceptors (Lipinski definition) is 4. The van der Waals surface area contributed by atoms with Crippen LogP contribution < -0.4 is 0 Å². The molecule has 0 unspecified atom stereocenters. The fraction of sp³-hybridized carbons (Fsp3) is 0.227. The molecule has 0 bridgehead atoms. The highest BCUT2D eigenvalue weighted by molar-refractivity contribution is 7.92. The predicted molar refractivity (Wildman–Crippen MR) is 113 cm³/mol. The molecule has 0 saturated carbocycles. The number of rotatable bonds is 4. The summed E-state index contributed by atoms with van der Waals surface area (Å²) >= 11 is 0. The molecule has 1 amide bonds. The van der Waals surface area contributed by atoms with Crippen molar-refractivity contribution in [2.45, 2.75) is 6.92 Å². The first-order valence-electron chi connectivity index (χ1n) is 9.57. The van der Waals surface area contributed by atoms with Gasteiger partial charge in [0.05, 0.1) is 0 Å². The van der Waals surface area contributed by atoms with Crippen LogP contribution in [0.3, 0.4) is 0 Å². The second kappa shape index (κ2) is 8.04. The molecule has 1 aliphatic heterocycles. The van der Waals surface area contributed by atoms with Crippen molar-refractivity contribution in [3.8, 4) is 0 Å². The number of carbonyl (C=O) groups is 1. The first kappa shape index (κ1) is 20.3. The topological polar surface area (TPSA) is 70.8 Å². The summed E-state index contributed by atoms with van der Waals surface area (Å²) in [6.07, 6.45) is 1.55. The second-order valence-electron chi connectivity index (χ2n) is 7.12. The molecular formula is C22H21FN2O4S. The van der Waals surface area contributed by atoms with E-state index in [9.17, 15) is 17.6 Å². The zero-order valence-corrected chi connectivity index (χ0v) is 17.2. The van der Waals surface area contributed by atoms with Crippen LogP contribution in [-0.2, 0) is 10.0 Å². The second-order valence-corrected chi connectivity index (χ2v) is 8.94. The lowest BCUT2D eigenvalue weighted by Gasteiger charge is -2.33. The number of nitrogens with zero attached hydrogens (tertiary/aromatic N) is 2. The fourth-order valence-electron chi connectivity index (χ4n) is 3.52. The van der Waals surface area contributed by atoms with E-state index in [0.717, 1.165) is 5.56 Å². The zero-order valence-electron chi connectivity index (χ0n) is 16.4. The van der Waals surface area contributed by atoms with Crippen LogP contribution in [0.15, 0.2) is 58.4 Å². The molecule has 8 heteroatoms. The Morgan fingerprint density at radius 1 is 1.03 bits per heavy atom. The third-order valence-electron chi connectivity index (χ3n) is 5.23. The van der Waals surface area contributed by atoms with E-state index in [-0.39, 0.29) is 43.4 Å². The molecule has 1 saturated heterocycles. The molecular weight excluding hydrogens is 407 g/mol. The van der Waals surface area contributed by atoms with Gasteiger partial charge >= 0.3 is 0 Å². The highest BCUT2D eigenvalue weighted by Crippen LogP contribution is 2.28. The van der Waals surface area contributed by atoms with Gasteiger partial charge in [-0.1, -0.05) is 42.5 Å². The van der Waals surface area contributed by atoms with E-state index in [2.05, 4.69) is 0 Å². The summed E-state index contributed by atoms with van der Waals surface area (Å²) in [6.45, 7) is 2.54. The summed E-state index contributed by atoms with van der Waals surface area (Å²) in [4.78, 5) is 14.4. The number of sulfonamides is 1. The minimum Gasteiger partial charge on any atom is -0.448 e. The highest BCUT2D eigenvalue weighted by Gasteiger charge is 2.30. The molecule has 1 aromatic heterocycles. The maximum Gasteiger partial charge on any atom is 0.289 e. The van der Waals surface area contributed by atoms with E-state index in [1.807, 2.05) is 30.3 Å². The Morgan fingerprint density at radius 3 is 2.40 bits per heavy atom. The van der Waals surface area contributed by atoms with Crippen LogP contribution in [0.5, 0.6) is 0 Å². The number of fused-ring (bicyclic) bond motifs is 1. The summed E-state index contributed by atoms with van der Waals surface area (Å²) < 4.78 is 46.0. The van der Waals surface area contributed by atoms with Gasteiger partial charge in [-0.15, -0.1) is 0 Å². The van der Waals surface area contributed by atoms with E-state index in [4.69, 9.17) is 4.42 Å². The summed E-state index contributed by atoms with van der Waals surface area (Å²) in [6, 6.07) is 13.7. The smallest absolute Gasteiger partial charge is 0.289 e. The number of halogens is 1. The van der Waals surface area contributed by atoms with Crippen molar-refractivity contribution in [1.29, 1.82) is 0 Å². The van der Waals surface area contributed by atoms with Crippen LogP contribution in [0.4, 0.5) is 4.39 Å². The molecule has 2 heterocycles. The number of para-hydroxylation sites is 1. The van der Waals surface area contributed by atoms with Crippen LogP contribution in [-0.4, -0.2) is 49.7 Å². The van der Waals surface area contributed by atoms with Gasteiger partial charge in [0.1, 0.15) is 0 Å². The van der Waals surface area contributed by atoms with Crippen LogP contribution in [0.1, 0.15) is 21.7 Å². The minimum atomic E-state index is -3.59. The number of carbonyl (C=O) groups excluding carboxylic acids is 1. The van der Waals surface area contributed by atoms with Gasteiger partial charge in [-0.25, -0.2) is 12.8 Å². The van der Waals surface area contributed by atoms with Gasteiger partial charge in [0.25, 0.3) is 5.91 Å². The Hall–Kier alpha value is -2.97. The molecule has 0 atom stereocenters. The Morgan fingerprint density at radius 2 is 1.73 bits per heavy atom. The monoisotopic (exact) mass is 428 g/mol. The first-order valence-corrected chi connectivity index (χ1v) is 11.1. The van der Waals surface area contributed by atoms with Crippen molar-refractivity contribution in [3.05, 3.63) is 76.6 Å². The van der Waals surface area contributed by atoms with E-state index in [1.165, 1.54) is 20.7 Å². The molecule has 0 radical (unpaired) electrons. The number of amides is 1. The molecule has 0 spiro atoms. The van der Waals surface area contributed by atoms with Gasteiger partial charge in [-0.05, 0) is 24.6 Å². The van der Waals surface area contributed by atoms with Gasteiger partial charge in [-0.3, -0.25) is 4.79 Å². The van der Waals surface area contributed by atoms with Crippen molar-refractivity contribution >= 4 is 33.0 Å². The fourth-order valence-corrected chi connectivity index (χ4v) is 4.69. The molecule has 4 rings (SSSR count). The first-order chi connectivity index (χ1) is 14.4. The SMILES string of the molecule is Cc1c(C(=O)N2CCN(S(=O)(=O)C=Cc3ccccc3)CC2)oc2c(F)cccc12. The van der Waals surface area contributed by atoms with Crippen molar-refractivity contribution in [2.24, 2.45) is 0 Å². The third-order valence-corrected chi connectivity index (χ3v) is 6.79. The van der Waals surface area contributed by atoms with Crippen LogP contribution in [0, 0.1) is 12.7 Å². The molecule has 30 heavy (non-hydrogen) atoms. The van der Waals surface area contributed by atoms with Gasteiger partial charge < -0.3 is 9.32 Å². The predicted octanol–water partition coefficient (Wildman–Crippen LogP) is 3.64. The van der Waals surface area contributed by atoms with Crippen LogP contribution >= 0.6 is 0 Å². The van der Waals surface area contributed by atoms with Crippen molar-refractivity contribution < 1.29 is 22.0 Å². The van der Waals surface area contributed by atoms with Gasteiger partial charge in [0.15, 0.2) is 17.2 Å². The zero-order chi connectivity index (χ0) is 21.3. The van der Waals surface area contributed by atoms with Crippen LogP contribution in [0.25, 0.3) is 17.0 Å². The summed E-state index contributed by atoms with van der Waals surface area (Å²) in [7, 11) is -3.59. The number of aryl methyl sites for hydroxylation is 1. The molecule has 0 N–H and O–H groups in total. The van der Waals surface area contributed by atoms with Crippen molar-refractivity contribution in [1.82, 2.24) is 9.21 Å². The molecule has 1 aliphatic rings. The number of hydrogen-bond donors (Lipinski definition) is 0. The van der Waals surface area contributed by atoms with Gasteiger partial charge in [0.2, 0.25) is 10.0 Å². The lowest BCUT2D eigenvalue weighted by atomic mass is 10.1. The standard InChI is InChI=1S/C22H21FN2O4S/c1-16-18-8-5-9-19(23)21(18)29-20(16)22(26)24-11-13-25(14-12-24)30(27,28)15-10-17-6-3-2-4-7-17/h2-10,15H,11-14H2,1H3. The minimum absolute atomic E-state index is 0.0608. The highest BCUT2D eigenvalue weighted by atomic mass is 32.2. The summed E-state index contributed by atoms with van der Waals surface area (Å²) in [5.41, 5.74) is 1.43. The average molecular weight is 428 g/mol. The normalized spacial score (nSPS) is 15.9. The van der Waals surface area contributed by atoms with E-state index < -0.39 is 15.8 Å². The summed E-state index contributed by atoms with van der Waals surface area (Å²) in [5.74, 6) is -0.786. The Balaban J connectivity index is 1.46. The third kappa shape index (κ3) is 3.88. The molecule has 2 aromatic carbocycles. The average Bonchev–Trinajstić information content (AvgIpc) is 3.11. The molecule has 1 fully saturated rings. The summed E-state index contributed by atoms with van der Waals surface area (Å²) in [5, 5.41) is 1.75. The maximum atomic E-state index is 14.0. The molecule has 3 aromatic rings. The molecule has 6 nitrogen and oxygen atoms in total. The largest absolute Gasteiger partial charge is 0.448 e. The Bertz CT molecular complexity index is 1210. The number of benzene rings is 2. The van der Waals surface area contributed by atoms with Crippen molar-refractivity contribution in [2.75, 3.05) is 26.2 Å². The number of piperazine rings is 1. The lowest BCUT2D eigenvalue weighted by Crippen LogP contribution is -2.50. The Kier molecular flexibility index (Phi) is 5.44. The van der Waals surface area contributed by atoms with E-state index in [1.54, 1.807) is 25.1 Å². The molecule has 156 valence electrons.